The maximum Gasteiger partial charge on any atom is 0.344 e. The van der Waals surface area contributed by atoms with E-state index in [0.29, 0.717) is 12.3 Å². The normalized spacial score (nSPS) is 13.2. The summed E-state index contributed by atoms with van der Waals surface area (Å²) in [6.45, 7) is 2.75. The van der Waals surface area contributed by atoms with Crippen LogP contribution in [0.4, 0.5) is 0 Å². The van der Waals surface area contributed by atoms with E-state index in [9.17, 15) is 9.90 Å². The summed E-state index contributed by atoms with van der Waals surface area (Å²) in [7, 11) is 0. The van der Waals surface area contributed by atoms with Gasteiger partial charge in [-0.15, -0.1) is 0 Å². The lowest BCUT2D eigenvalue weighted by Crippen LogP contribution is -2.24. The molecule has 2 atom stereocenters. The van der Waals surface area contributed by atoms with Gasteiger partial charge in [0, 0.05) is 6.54 Å². The number of aliphatic hydroxyl groups excluding tert-OH is 1. The van der Waals surface area contributed by atoms with Crippen LogP contribution in [0.2, 0.25) is 0 Å². The highest BCUT2D eigenvalue weighted by Crippen LogP contribution is 2.14. The zero-order chi connectivity index (χ0) is 17.4. The van der Waals surface area contributed by atoms with Crippen molar-refractivity contribution in [3.05, 3.63) is 65.7 Å². The number of aliphatic hydroxyl groups is 1. The second kappa shape index (κ2) is 9.05. The van der Waals surface area contributed by atoms with Crippen LogP contribution >= 0.6 is 0 Å². The van der Waals surface area contributed by atoms with Crippen LogP contribution in [-0.2, 0) is 11.2 Å². The summed E-state index contributed by atoms with van der Waals surface area (Å²) >= 11 is 0. The number of carbonyl (C=O) groups is 1. The summed E-state index contributed by atoms with van der Waals surface area (Å²) in [6.07, 6.45) is -0.563. The highest BCUT2D eigenvalue weighted by atomic mass is 16.5. The number of hydrogen-bond acceptors (Lipinski definition) is 4. The van der Waals surface area contributed by atoms with Crippen LogP contribution in [0.3, 0.4) is 0 Å². The van der Waals surface area contributed by atoms with Gasteiger partial charge < -0.3 is 20.3 Å². The van der Waals surface area contributed by atoms with E-state index in [4.69, 9.17) is 9.84 Å². The minimum Gasteiger partial charge on any atom is -0.479 e. The largest absolute Gasteiger partial charge is 0.479 e. The Balaban J connectivity index is 1.72. The minimum absolute atomic E-state index is 0.501. The van der Waals surface area contributed by atoms with Gasteiger partial charge in [-0.1, -0.05) is 42.5 Å². The Morgan fingerprint density at radius 2 is 1.79 bits per heavy atom. The first-order valence-electron chi connectivity index (χ1n) is 7.98. The average Bonchev–Trinajstić information content (AvgIpc) is 2.60. The number of rotatable bonds is 9. The molecule has 0 radical (unpaired) electrons. The first-order valence-corrected chi connectivity index (χ1v) is 7.98. The second-order valence-electron chi connectivity index (χ2n) is 5.62. The summed E-state index contributed by atoms with van der Waals surface area (Å²) in [6, 6.07) is 16.9. The van der Waals surface area contributed by atoms with Crippen molar-refractivity contribution in [3.63, 3.8) is 0 Å². The van der Waals surface area contributed by atoms with E-state index in [0.717, 1.165) is 24.1 Å². The van der Waals surface area contributed by atoms with Gasteiger partial charge in [-0.2, -0.15) is 0 Å². The van der Waals surface area contributed by atoms with Crippen LogP contribution in [0.25, 0.3) is 0 Å². The van der Waals surface area contributed by atoms with Crippen molar-refractivity contribution >= 4 is 5.97 Å². The van der Waals surface area contributed by atoms with Gasteiger partial charge in [0.15, 0.2) is 6.10 Å². The Labute approximate surface area is 141 Å². The Kier molecular flexibility index (Phi) is 6.78. The molecule has 2 rings (SSSR count). The molecule has 0 heterocycles. The SMILES string of the molecule is C[C@@H](Oc1ccc(CCNC[C@@H](O)c2ccccc2)cc1)C(=O)O. The van der Waals surface area contributed by atoms with E-state index < -0.39 is 18.2 Å². The van der Waals surface area contributed by atoms with Gasteiger partial charge in [0.2, 0.25) is 0 Å². The van der Waals surface area contributed by atoms with Gasteiger partial charge in [0.05, 0.1) is 6.10 Å². The number of carboxylic acids is 1. The Hall–Kier alpha value is -2.37. The Morgan fingerprint density at radius 3 is 2.42 bits per heavy atom. The molecule has 5 nitrogen and oxygen atoms in total. The number of hydrogen-bond donors (Lipinski definition) is 3. The predicted molar refractivity (Wildman–Crippen MR) is 92.1 cm³/mol. The van der Waals surface area contributed by atoms with Crippen molar-refractivity contribution in [1.29, 1.82) is 0 Å². The van der Waals surface area contributed by atoms with Gasteiger partial charge in [0.25, 0.3) is 0 Å². The molecule has 24 heavy (non-hydrogen) atoms. The minimum atomic E-state index is -0.986. The second-order valence-corrected chi connectivity index (χ2v) is 5.62. The van der Waals surface area contributed by atoms with E-state index in [1.165, 1.54) is 6.92 Å². The van der Waals surface area contributed by atoms with Crippen molar-refractivity contribution in [1.82, 2.24) is 5.32 Å². The van der Waals surface area contributed by atoms with Crippen LogP contribution in [0.1, 0.15) is 24.2 Å². The molecule has 0 bridgehead atoms. The number of aliphatic carboxylic acids is 1. The van der Waals surface area contributed by atoms with Gasteiger partial charge in [-0.3, -0.25) is 0 Å². The average molecular weight is 329 g/mol. The molecule has 0 aliphatic carbocycles. The molecule has 0 aromatic heterocycles. The smallest absolute Gasteiger partial charge is 0.344 e. The third-order valence-electron chi connectivity index (χ3n) is 3.70. The molecule has 0 aliphatic heterocycles. The molecule has 3 N–H and O–H groups in total. The molecule has 0 aliphatic rings. The topological polar surface area (TPSA) is 78.8 Å². The molecular weight excluding hydrogens is 306 g/mol. The molecule has 0 spiro atoms. The third kappa shape index (κ3) is 5.68. The van der Waals surface area contributed by atoms with E-state index in [-0.39, 0.29) is 0 Å². The van der Waals surface area contributed by atoms with Crippen molar-refractivity contribution in [2.45, 2.75) is 25.6 Å². The fourth-order valence-corrected chi connectivity index (χ4v) is 2.25. The molecule has 0 saturated carbocycles. The van der Waals surface area contributed by atoms with Gasteiger partial charge in [-0.05, 0) is 43.1 Å². The zero-order valence-corrected chi connectivity index (χ0v) is 13.7. The standard InChI is InChI=1S/C19H23NO4/c1-14(19(22)23)24-17-9-7-15(8-10-17)11-12-20-13-18(21)16-5-3-2-4-6-16/h2-10,14,18,20-21H,11-13H2,1H3,(H,22,23)/t14-,18-/m1/s1. The predicted octanol–water partition coefficient (Wildman–Crippen LogP) is 2.40. The van der Waals surface area contributed by atoms with E-state index >= 15 is 0 Å². The highest BCUT2D eigenvalue weighted by molar-refractivity contribution is 5.72. The molecular formula is C19H23NO4. The molecule has 0 saturated heterocycles. The van der Waals surface area contributed by atoms with Crippen LogP contribution in [0, 0.1) is 0 Å². The molecule has 5 heteroatoms. The zero-order valence-electron chi connectivity index (χ0n) is 13.7. The van der Waals surface area contributed by atoms with Gasteiger partial charge in [0.1, 0.15) is 5.75 Å². The molecule has 0 unspecified atom stereocenters. The van der Waals surface area contributed by atoms with Gasteiger partial charge >= 0.3 is 5.97 Å². The van der Waals surface area contributed by atoms with Crippen molar-refractivity contribution in [2.75, 3.05) is 13.1 Å². The molecule has 2 aromatic carbocycles. The lowest BCUT2D eigenvalue weighted by molar-refractivity contribution is -0.144. The van der Waals surface area contributed by atoms with Crippen molar-refractivity contribution in [3.8, 4) is 5.75 Å². The number of ether oxygens (including phenoxy) is 1. The molecule has 2 aromatic rings. The monoisotopic (exact) mass is 329 g/mol. The molecule has 0 amide bonds. The maximum absolute atomic E-state index is 10.7. The quantitative estimate of drug-likeness (QED) is 0.616. The Morgan fingerprint density at radius 1 is 1.12 bits per heavy atom. The fraction of sp³-hybridized carbons (Fsp3) is 0.316. The Bertz CT molecular complexity index is 628. The van der Waals surface area contributed by atoms with Crippen LogP contribution in [0.5, 0.6) is 5.75 Å². The lowest BCUT2D eigenvalue weighted by atomic mass is 10.1. The highest BCUT2D eigenvalue weighted by Gasteiger charge is 2.12. The third-order valence-corrected chi connectivity index (χ3v) is 3.70. The maximum atomic E-state index is 10.7. The summed E-state index contributed by atoms with van der Waals surface area (Å²) in [5.74, 6) is -0.443. The van der Waals surface area contributed by atoms with Crippen LogP contribution in [-0.4, -0.2) is 35.4 Å². The van der Waals surface area contributed by atoms with Crippen LogP contribution in [0.15, 0.2) is 54.6 Å². The summed E-state index contributed by atoms with van der Waals surface area (Å²) in [5, 5.41) is 22.1. The van der Waals surface area contributed by atoms with Crippen LogP contribution < -0.4 is 10.1 Å². The van der Waals surface area contributed by atoms with Crippen molar-refractivity contribution in [2.24, 2.45) is 0 Å². The lowest BCUT2D eigenvalue weighted by Gasteiger charge is -2.13. The number of benzene rings is 2. The van der Waals surface area contributed by atoms with Crippen molar-refractivity contribution < 1.29 is 19.7 Å². The number of carboxylic acid groups (broad SMARTS) is 1. The molecule has 0 fully saturated rings. The van der Waals surface area contributed by atoms with E-state index in [1.54, 1.807) is 12.1 Å². The fourth-order valence-electron chi connectivity index (χ4n) is 2.25. The van der Waals surface area contributed by atoms with E-state index in [1.807, 2.05) is 42.5 Å². The molecule has 128 valence electrons. The summed E-state index contributed by atoms with van der Waals surface area (Å²) in [5.41, 5.74) is 2.02. The summed E-state index contributed by atoms with van der Waals surface area (Å²) < 4.78 is 5.29. The number of nitrogens with one attached hydrogen (secondary N) is 1. The van der Waals surface area contributed by atoms with Gasteiger partial charge in [-0.25, -0.2) is 4.79 Å². The summed E-state index contributed by atoms with van der Waals surface area (Å²) in [4.78, 5) is 10.7. The van der Waals surface area contributed by atoms with E-state index in [2.05, 4.69) is 5.32 Å². The first kappa shape index (κ1) is 18.0. The first-order chi connectivity index (χ1) is 11.6.